The largest absolute Gasteiger partial charge is 0.372 e. The monoisotopic (exact) mass is 440 g/mol. The fourth-order valence-corrected chi connectivity index (χ4v) is 3.81. The van der Waals surface area contributed by atoms with Crippen molar-refractivity contribution < 1.29 is 4.74 Å². The molecular formula is C21H21BrN4O2. The van der Waals surface area contributed by atoms with Gasteiger partial charge < -0.3 is 9.64 Å². The van der Waals surface area contributed by atoms with Crippen LogP contribution in [0.2, 0.25) is 0 Å². The molecule has 0 radical (unpaired) electrons. The molecule has 144 valence electrons. The Bertz CT molecular complexity index is 1020. The van der Waals surface area contributed by atoms with Crippen molar-refractivity contribution in [3.63, 3.8) is 0 Å². The van der Waals surface area contributed by atoms with E-state index in [1.807, 2.05) is 24.3 Å². The molecule has 3 heterocycles. The van der Waals surface area contributed by atoms with Crippen molar-refractivity contribution in [2.24, 2.45) is 7.05 Å². The first-order valence-electron chi connectivity index (χ1n) is 9.22. The molecule has 28 heavy (non-hydrogen) atoms. The van der Waals surface area contributed by atoms with Crippen molar-refractivity contribution in [2.45, 2.75) is 12.5 Å². The number of halogens is 1. The number of hydrogen-bond donors (Lipinski definition) is 0. The molecule has 1 atom stereocenters. The molecule has 0 unspecified atom stereocenters. The molecule has 0 saturated carbocycles. The molecule has 2 aromatic heterocycles. The summed E-state index contributed by atoms with van der Waals surface area (Å²) >= 11 is 3.53. The van der Waals surface area contributed by atoms with Crippen molar-refractivity contribution in [3.05, 3.63) is 75.2 Å². The SMILES string of the molecule is Cn1c(N2CCCO[C@H](c3cccc(Br)c3)C2)nc(-c2ccncc2)cc1=O. The maximum atomic E-state index is 12.6. The number of pyridine rings is 1. The van der Waals surface area contributed by atoms with E-state index in [1.54, 1.807) is 30.1 Å². The van der Waals surface area contributed by atoms with Gasteiger partial charge in [0.2, 0.25) is 5.95 Å². The lowest BCUT2D eigenvalue weighted by molar-refractivity contribution is 0.0685. The van der Waals surface area contributed by atoms with Crippen molar-refractivity contribution in [3.8, 4) is 11.3 Å². The third-order valence-corrected chi connectivity index (χ3v) is 5.36. The van der Waals surface area contributed by atoms with Gasteiger partial charge in [-0.05, 0) is 36.2 Å². The molecule has 0 amide bonds. The molecule has 6 nitrogen and oxygen atoms in total. The minimum Gasteiger partial charge on any atom is -0.372 e. The number of hydrogen-bond acceptors (Lipinski definition) is 5. The van der Waals surface area contributed by atoms with Crippen LogP contribution in [0, 0.1) is 0 Å². The maximum absolute atomic E-state index is 12.6. The average molecular weight is 441 g/mol. The zero-order valence-corrected chi connectivity index (χ0v) is 17.2. The summed E-state index contributed by atoms with van der Waals surface area (Å²) in [6, 6.07) is 13.5. The highest BCUT2D eigenvalue weighted by molar-refractivity contribution is 9.10. The fraction of sp³-hybridized carbons (Fsp3) is 0.286. The predicted octanol–water partition coefficient (Wildman–Crippen LogP) is 3.57. The van der Waals surface area contributed by atoms with E-state index < -0.39 is 0 Å². The first-order valence-corrected chi connectivity index (χ1v) is 10.0. The van der Waals surface area contributed by atoms with Crippen LogP contribution in [0.4, 0.5) is 5.95 Å². The first-order chi connectivity index (χ1) is 13.6. The number of benzene rings is 1. The second-order valence-corrected chi connectivity index (χ2v) is 7.70. The summed E-state index contributed by atoms with van der Waals surface area (Å²) in [6.07, 6.45) is 4.20. The van der Waals surface area contributed by atoms with Gasteiger partial charge in [0.05, 0.1) is 12.2 Å². The summed E-state index contributed by atoms with van der Waals surface area (Å²) in [6.45, 7) is 2.09. The van der Waals surface area contributed by atoms with E-state index in [4.69, 9.17) is 9.72 Å². The molecule has 3 aromatic rings. The smallest absolute Gasteiger partial charge is 0.255 e. The van der Waals surface area contributed by atoms with Gasteiger partial charge in [-0.1, -0.05) is 28.1 Å². The highest BCUT2D eigenvalue weighted by atomic mass is 79.9. The standard InChI is InChI=1S/C21H21BrN4O2/c1-25-20(27)13-18(15-6-8-23-9-7-15)24-21(25)26-10-3-11-28-19(14-26)16-4-2-5-17(22)12-16/h2,4-9,12-13,19H,3,10-11,14H2,1H3/t19-/m0/s1. The normalized spacial score (nSPS) is 17.4. The van der Waals surface area contributed by atoms with Gasteiger partial charge in [0.15, 0.2) is 0 Å². The Hall–Kier alpha value is -2.51. The molecule has 0 spiro atoms. The lowest BCUT2D eigenvalue weighted by Gasteiger charge is -2.27. The van der Waals surface area contributed by atoms with Crippen LogP contribution in [0.25, 0.3) is 11.3 Å². The third-order valence-electron chi connectivity index (χ3n) is 4.87. The molecule has 1 aromatic carbocycles. The maximum Gasteiger partial charge on any atom is 0.255 e. The van der Waals surface area contributed by atoms with Crippen molar-refractivity contribution >= 4 is 21.9 Å². The van der Waals surface area contributed by atoms with Gasteiger partial charge in [0.1, 0.15) is 6.10 Å². The predicted molar refractivity (Wildman–Crippen MR) is 112 cm³/mol. The number of ether oxygens (including phenoxy) is 1. The third kappa shape index (κ3) is 4.00. The Morgan fingerprint density at radius 1 is 1.18 bits per heavy atom. The minimum absolute atomic E-state index is 0.0820. The van der Waals surface area contributed by atoms with Crippen LogP contribution in [0.15, 0.2) is 64.1 Å². The second kappa shape index (κ2) is 8.24. The Morgan fingerprint density at radius 2 is 2.00 bits per heavy atom. The fourth-order valence-electron chi connectivity index (χ4n) is 3.40. The second-order valence-electron chi connectivity index (χ2n) is 6.79. The number of aromatic nitrogens is 3. The Balaban J connectivity index is 1.70. The van der Waals surface area contributed by atoms with Gasteiger partial charge in [-0.25, -0.2) is 4.98 Å². The molecule has 1 aliphatic rings. The van der Waals surface area contributed by atoms with Crippen LogP contribution in [0.3, 0.4) is 0 Å². The lowest BCUT2D eigenvalue weighted by Crippen LogP contribution is -2.34. The van der Waals surface area contributed by atoms with Gasteiger partial charge in [-0.15, -0.1) is 0 Å². The van der Waals surface area contributed by atoms with E-state index in [2.05, 4.69) is 37.9 Å². The Morgan fingerprint density at radius 3 is 2.79 bits per heavy atom. The molecule has 0 aliphatic carbocycles. The summed E-state index contributed by atoms with van der Waals surface area (Å²) < 4.78 is 8.72. The zero-order valence-electron chi connectivity index (χ0n) is 15.6. The van der Waals surface area contributed by atoms with Crippen molar-refractivity contribution in [2.75, 3.05) is 24.6 Å². The first kappa shape index (κ1) is 18.8. The minimum atomic E-state index is -0.0824. The number of nitrogens with zero attached hydrogens (tertiary/aromatic N) is 4. The quantitative estimate of drug-likeness (QED) is 0.622. The van der Waals surface area contributed by atoms with Crippen LogP contribution < -0.4 is 10.5 Å². The summed E-state index contributed by atoms with van der Waals surface area (Å²) in [5.41, 5.74) is 2.56. The summed E-state index contributed by atoms with van der Waals surface area (Å²) in [4.78, 5) is 23.6. The van der Waals surface area contributed by atoms with Gasteiger partial charge >= 0.3 is 0 Å². The van der Waals surface area contributed by atoms with Gasteiger partial charge in [-0.3, -0.25) is 14.3 Å². The zero-order chi connectivity index (χ0) is 19.5. The van der Waals surface area contributed by atoms with Crippen LogP contribution >= 0.6 is 15.9 Å². The topological polar surface area (TPSA) is 60.2 Å². The van der Waals surface area contributed by atoms with Gasteiger partial charge in [0, 0.05) is 48.7 Å². The molecule has 1 fully saturated rings. The molecule has 7 heteroatoms. The molecule has 0 N–H and O–H groups in total. The average Bonchev–Trinajstić information content (AvgIpc) is 2.97. The Labute approximate surface area is 172 Å². The van der Waals surface area contributed by atoms with Crippen molar-refractivity contribution in [1.82, 2.24) is 14.5 Å². The number of rotatable bonds is 3. The van der Waals surface area contributed by atoms with E-state index in [0.29, 0.717) is 24.8 Å². The van der Waals surface area contributed by atoms with Crippen LogP contribution in [-0.2, 0) is 11.8 Å². The van der Waals surface area contributed by atoms with Crippen LogP contribution in [0.1, 0.15) is 18.1 Å². The van der Waals surface area contributed by atoms with Crippen molar-refractivity contribution in [1.29, 1.82) is 0 Å². The van der Waals surface area contributed by atoms with E-state index in [-0.39, 0.29) is 11.7 Å². The van der Waals surface area contributed by atoms with Crippen LogP contribution in [0.5, 0.6) is 0 Å². The van der Waals surface area contributed by atoms with E-state index in [1.165, 1.54) is 0 Å². The molecule has 1 aliphatic heterocycles. The number of anilines is 1. The summed E-state index contributed by atoms with van der Waals surface area (Å²) in [5, 5.41) is 0. The van der Waals surface area contributed by atoms with Crippen LogP contribution in [-0.4, -0.2) is 34.2 Å². The lowest BCUT2D eigenvalue weighted by atomic mass is 10.1. The molecule has 0 bridgehead atoms. The highest BCUT2D eigenvalue weighted by Gasteiger charge is 2.23. The van der Waals surface area contributed by atoms with E-state index in [0.717, 1.165) is 28.6 Å². The summed E-state index contributed by atoms with van der Waals surface area (Å²) in [7, 11) is 1.76. The van der Waals surface area contributed by atoms with Gasteiger partial charge in [-0.2, -0.15) is 0 Å². The molecule has 1 saturated heterocycles. The molecule has 4 rings (SSSR count). The van der Waals surface area contributed by atoms with Gasteiger partial charge in [0.25, 0.3) is 5.56 Å². The van der Waals surface area contributed by atoms with E-state index in [9.17, 15) is 4.79 Å². The molecular weight excluding hydrogens is 420 g/mol. The summed E-state index contributed by atoms with van der Waals surface area (Å²) in [5.74, 6) is 0.657. The van der Waals surface area contributed by atoms with E-state index >= 15 is 0 Å². The Kier molecular flexibility index (Phi) is 5.54. The highest BCUT2D eigenvalue weighted by Crippen LogP contribution is 2.27.